The molecular weight excluding hydrogens is 134 g/mol. The third kappa shape index (κ3) is 1.34. The van der Waals surface area contributed by atoms with Gasteiger partial charge in [0, 0.05) is 5.57 Å². The molecule has 1 unspecified atom stereocenters. The van der Waals surface area contributed by atoms with Crippen LogP contribution in [0.5, 0.6) is 0 Å². The molecule has 0 N–H and O–H groups in total. The minimum Gasteiger partial charge on any atom is -0.193 e. The summed E-state index contributed by atoms with van der Waals surface area (Å²) in [5.74, 6) is 0. The number of rotatable bonds is 0. The number of hydrogen-bond acceptors (Lipinski definition) is 1. The number of allylic oxidation sites excluding steroid dienone is 4. The van der Waals surface area contributed by atoms with Crippen molar-refractivity contribution in [1.82, 2.24) is 0 Å². The van der Waals surface area contributed by atoms with Crippen LogP contribution < -0.4 is 0 Å². The van der Waals surface area contributed by atoms with Crippen molar-refractivity contribution in [2.75, 3.05) is 0 Å². The van der Waals surface area contributed by atoms with Gasteiger partial charge in [0.25, 0.3) is 0 Å². The summed E-state index contributed by atoms with van der Waals surface area (Å²) < 4.78 is 0. The summed E-state index contributed by atoms with van der Waals surface area (Å²) in [7, 11) is 0. The maximum atomic E-state index is 8.42. The van der Waals surface area contributed by atoms with Crippen LogP contribution in [0, 0.1) is 11.3 Å². The highest BCUT2D eigenvalue weighted by Gasteiger charge is 2.07. The lowest BCUT2D eigenvalue weighted by atomic mass is 10.1. The molecule has 0 aromatic carbocycles. The van der Waals surface area contributed by atoms with E-state index in [2.05, 4.69) is 0 Å². The molecule has 1 aliphatic carbocycles. The van der Waals surface area contributed by atoms with E-state index in [0.717, 1.165) is 6.42 Å². The second-order valence-electron chi connectivity index (χ2n) is 1.84. The van der Waals surface area contributed by atoms with Crippen LogP contribution in [-0.2, 0) is 0 Å². The molecule has 0 fully saturated rings. The zero-order chi connectivity index (χ0) is 6.69. The van der Waals surface area contributed by atoms with Crippen LogP contribution in [0.25, 0.3) is 0 Å². The molecular formula is C7H6ClN. The van der Waals surface area contributed by atoms with Gasteiger partial charge in [-0.05, 0) is 6.42 Å². The van der Waals surface area contributed by atoms with E-state index in [1.54, 1.807) is 0 Å². The molecule has 0 saturated heterocycles. The van der Waals surface area contributed by atoms with Gasteiger partial charge >= 0.3 is 0 Å². The second kappa shape index (κ2) is 2.70. The first-order valence-electron chi connectivity index (χ1n) is 2.75. The lowest BCUT2D eigenvalue weighted by Crippen LogP contribution is -1.99. The first-order chi connectivity index (χ1) is 4.34. The molecule has 2 heteroatoms. The second-order valence-corrected chi connectivity index (χ2v) is 2.31. The molecule has 0 aliphatic heterocycles. The Labute approximate surface area is 59.2 Å². The summed E-state index contributed by atoms with van der Waals surface area (Å²) in [4.78, 5) is 0. The van der Waals surface area contributed by atoms with Crippen molar-refractivity contribution in [3.05, 3.63) is 23.8 Å². The van der Waals surface area contributed by atoms with Crippen LogP contribution >= 0.6 is 11.6 Å². The smallest absolute Gasteiger partial charge is 0.0963 e. The fraction of sp³-hybridized carbons (Fsp3) is 0.286. The highest BCUT2D eigenvalue weighted by Crippen LogP contribution is 2.15. The molecule has 0 spiro atoms. The first kappa shape index (κ1) is 6.38. The van der Waals surface area contributed by atoms with E-state index in [-0.39, 0.29) is 5.38 Å². The van der Waals surface area contributed by atoms with Crippen LogP contribution in [0.1, 0.15) is 6.42 Å². The van der Waals surface area contributed by atoms with Gasteiger partial charge in [-0.15, -0.1) is 11.6 Å². The van der Waals surface area contributed by atoms with Crippen molar-refractivity contribution in [1.29, 1.82) is 5.26 Å². The molecule has 0 amide bonds. The summed E-state index contributed by atoms with van der Waals surface area (Å²) in [5.41, 5.74) is 0.666. The van der Waals surface area contributed by atoms with Crippen molar-refractivity contribution < 1.29 is 0 Å². The van der Waals surface area contributed by atoms with Crippen LogP contribution in [0.4, 0.5) is 0 Å². The van der Waals surface area contributed by atoms with Gasteiger partial charge in [0.15, 0.2) is 0 Å². The lowest BCUT2D eigenvalue weighted by Gasteiger charge is -2.04. The molecule has 0 heterocycles. The normalized spacial score (nSPS) is 24.9. The molecule has 1 nitrogen and oxygen atoms in total. The monoisotopic (exact) mass is 139 g/mol. The summed E-state index contributed by atoms with van der Waals surface area (Å²) in [6.45, 7) is 0. The fourth-order valence-electron chi connectivity index (χ4n) is 0.717. The van der Waals surface area contributed by atoms with E-state index in [1.807, 2.05) is 24.3 Å². The molecule has 1 rings (SSSR count). The topological polar surface area (TPSA) is 23.8 Å². The third-order valence-electron chi connectivity index (χ3n) is 1.21. The SMILES string of the molecule is N#CC1=CCC=CC1Cl. The Balaban J connectivity index is 2.73. The summed E-state index contributed by atoms with van der Waals surface area (Å²) >= 11 is 5.71. The Hall–Kier alpha value is -0.740. The van der Waals surface area contributed by atoms with Gasteiger partial charge < -0.3 is 0 Å². The molecule has 0 aromatic rings. The number of hydrogen-bond donors (Lipinski definition) is 0. The van der Waals surface area contributed by atoms with Gasteiger partial charge in [-0.1, -0.05) is 18.2 Å². The van der Waals surface area contributed by atoms with E-state index < -0.39 is 0 Å². The quantitative estimate of drug-likeness (QED) is 0.372. The summed E-state index contributed by atoms with van der Waals surface area (Å²) in [6.07, 6.45) is 6.47. The molecule has 9 heavy (non-hydrogen) atoms. The van der Waals surface area contributed by atoms with Gasteiger partial charge in [0.1, 0.15) is 0 Å². The van der Waals surface area contributed by atoms with Crippen LogP contribution in [0.2, 0.25) is 0 Å². The Morgan fingerprint density at radius 1 is 1.78 bits per heavy atom. The largest absolute Gasteiger partial charge is 0.193 e. The molecule has 0 radical (unpaired) electrons. The van der Waals surface area contributed by atoms with Gasteiger partial charge in [0.2, 0.25) is 0 Å². The van der Waals surface area contributed by atoms with Gasteiger partial charge in [-0.2, -0.15) is 5.26 Å². The maximum absolute atomic E-state index is 8.42. The summed E-state index contributed by atoms with van der Waals surface area (Å²) in [5, 5.41) is 8.23. The zero-order valence-corrected chi connectivity index (χ0v) is 5.60. The van der Waals surface area contributed by atoms with E-state index in [0.29, 0.717) is 5.57 Å². The average Bonchev–Trinajstić information content (AvgIpc) is 1.89. The fourth-order valence-corrected chi connectivity index (χ4v) is 0.957. The van der Waals surface area contributed by atoms with E-state index in [1.165, 1.54) is 0 Å². The minimum absolute atomic E-state index is 0.191. The van der Waals surface area contributed by atoms with E-state index in [9.17, 15) is 0 Å². The van der Waals surface area contributed by atoms with Crippen molar-refractivity contribution >= 4 is 11.6 Å². The Kier molecular flexibility index (Phi) is 1.92. The van der Waals surface area contributed by atoms with E-state index in [4.69, 9.17) is 16.9 Å². The molecule has 0 saturated carbocycles. The van der Waals surface area contributed by atoms with Gasteiger partial charge in [0.05, 0.1) is 11.4 Å². The highest BCUT2D eigenvalue weighted by atomic mass is 35.5. The van der Waals surface area contributed by atoms with Crippen LogP contribution in [0.3, 0.4) is 0 Å². The Bertz CT molecular complexity index is 197. The van der Waals surface area contributed by atoms with E-state index >= 15 is 0 Å². The minimum atomic E-state index is -0.191. The number of alkyl halides is 1. The lowest BCUT2D eigenvalue weighted by molar-refractivity contribution is 1.17. The molecule has 1 aliphatic rings. The standard InChI is InChI=1S/C7H6ClN/c8-7-4-2-1-3-6(7)5-9/h2-4,7H,1H2. The van der Waals surface area contributed by atoms with Crippen molar-refractivity contribution in [3.8, 4) is 6.07 Å². The molecule has 0 bridgehead atoms. The molecule has 46 valence electrons. The number of nitrogens with zero attached hydrogens (tertiary/aromatic N) is 1. The Morgan fingerprint density at radius 3 is 3.00 bits per heavy atom. The number of nitriles is 1. The van der Waals surface area contributed by atoms with Gasteiger partial charge in [-0.25, -0.2) is 0 Å². The molecule has 1 atom stereocenters. The first-order valence-corrected chi connectivity index (χ1v) is 3.19. The average molecular weight is 140 g/mol. The Morgan fingerprint density at radius 2 is 2.56 bits per heavy atom. The third-order valence-corrected chi connectivity index (χ3v) is 1.59. The summed E-state index contributed by atoms with van der Waals surface area (Å²) in [6, 6.07) is 2.03. The van der Waals surface area contributed by atoms with Crippen molar-refractivity contribution in [2.45, 2.75) is 11.8 Å². The number of halogens is 1. The van der Waals surface area contributed by atoms with Crippen molar-refractivity contribution in [3.63, 3.8) is 0 Å². The van der Waals surface area contributed by atoms with Crippen molar-refractivity contribution in [2.24, 2.45) is 0 Å². The zero-order valence-electron chi connectivity index (χ0n) is 4.84. The predicted molar refractivity (Wildman–Crippen MR) is 37.1 cm³/mol. The maximum Gasteiger partial charge on any atom is 0.0963 e. The van der Waals surface area contributed by atoms with Gasteiger partial charge in [-0.3, -0.25) is 0 Å². The molecule has 0 aromatic heterocycles. The van der Waals surface area contributed by atoms with Crippen LogP contribution in [-0.4, -0.2) is 5.38 Å². The predicted octanol–water partition coefficient (Wildman–Crippen LogP) is 2.00. The highest BCUT2D eigenvalue weighted by molar-refractivity contribution is 6.24. The van der Waals surface area contributed by atoms with Crippen LogP contribution in [0.15, 0.2) is 23.8 Å².